The van der Waals surface area contributed by atoms with Crippen LogP contribution in [0, 0.1) is 0 Å². The second-order valence-corrected chi connectivity index (χ2v) is 18.9. The van der Waals surface area contributed by atoms with Gasteiger partial charge < -0.3 is 9.13 Å². The maximum Gasteiger partial charge on any atom is 0.0801 e. The Bertz CT molecular complexity index is 4610. The molecule has 0 N–H and O–H groups in total. The molecule has 16 rings (SSSR count). The molecular formula is C68H42N6. The summed E-state index contributed by atoms with van der Waals surface area (Å²) in [4.78, 5) is 19.0. The summed E-state index contributed by atoms with van der Waals surface area (Å²) in [7, 11) is 0. The fraction of sp³-hybridized carbons (Fsp3) is 0. The van der Waals surface area contributed by atoms with Gasteiger partial charge in [-0.05, 0) is 106 Å². The second-order valence-electron chi connectivity index (χ2n) is 18.9. The van der Waals surface area contributed by atoms with E-state index < -0.39 is 0 Å². The van der Waals surface area contributed by atoms with Crippen molar-refractivity contribution in [2.24, 2.45) is 0 Å². The van der Waals surface area contributed by atoms with Crippen molar-refractivity contribution in [3.8, 4) is 33.6 Å². The number of hydrogen-bond donors (Lipinski definition) is 0. The van der Waals surface area contributed by atoms with Crippen LogP contribution in [-0.4, -0.2) is 29.1 Å². The first-order valence-electron chi connectivity index (χ1n) is 25.0. The zero-order chi connectivity index (χ0) is 48.7. The summed E-state index contributed by atoms with van der Waals surface area (Å²) in [6.45, 7) is 0. The van der Waals surface area contributed by atoms with E-state index in [9.17, 15) is 0 Å². The molecule has 6 heterocycles. The fourth-order valence-corrected chi connectivity index (χ4v) is 11.8. The van der Waals surface area contributed by atoms with E-state index in [0.29, 0.717) is 0 Å². The molecule has 0 aliphatic heterocycles. The molecule has 0 saturated heterocycles. The van der Waals surface area contributed by atoms with Gasteiger partial charge in [0.2, 0.25) is 0 Å². The van der Waals surface area contributed by atoms with Crippen LogP contribution in [0.25, 0.3) is 142 Å². The molecule has 6 nitrogen and oxygen atoms in total. The highest BCUT2D eigenvalue weighted by molar-refractivity contribution is 6.32. The normalized spacial score (nSPS) is 11.8. The lowest BCUT2D eigenvalue weighted by Crippen LogP contribution is -1.96. The van der Waals surface area contributed by atoms with Gasteiger partial charge in [-0.2, -0.15) is 0 Å². The summed E-state index contributed by atoms with van der Waals surface area (Å²) < 4.78 is 4.82. The predicted molar refractivity (Wildman–Crippen MR) is 309 cm³/mol. The quantitative estimate of drug-likeness (QED) is 0.165. The van der Waals surface area contributed by atoms with Crippen LogP contribution in [0.2, 0.25) is 0 Å². The highest BCUT2D eigenvalue weighted by atomic mass is 15.0. The fourth-order valence-electron chi connectivity index (χ4n) is 11.8. The van der Waals surface area contributed by atoms with Crippen molar-refractivity contribution < 1.29 is 0 Å². The Morgan fingerprint density at radius 2 is 0.716 bits per heavy atom. The maximum atomic E-state index is 4.84. The van der Waals surface area contributed by atoms with Crippen molar-refractivity contribution in [3.63, 3.8) is 0 Å². The number of hydrogen-bond acceptors (Lipinski definition) is 4. The molecule has 0 spiro atoms. The van der Waals surface area contributed by atoms with Gasteiger partial charge in [0.1, 0.15) is 0 Å². The second kappa shape index (κ2) is 16.8. The minimum Gasteiger partial charge on any atom is -0.309 e. The van der Waals surface area contributed by atoms with E-state index in [1.54, 1.807) is 0 Å². The predicted octanol–water partition coefficient (Wildman–Crippen LogP) is 17.4. The molecule has 6 heteroatoms. The van der Waals surface area contributed by atoms with Crippen LogP contribution in [0.4, 0.5) is 0 Å². The van der Waals surface area contributed by atoms with E-state index in [2.05, 4.69) is 220 Å². The van der Waals surface area contributed by atoms with Crippen LogP contribution in [0.5, 0.6) is 0 Å². The first-order chi connectivity index (χ1) is 36.8. The number of benzene rings is 10. The third-order valence-corrected chi connectivity index (χ3v) is 14.9. The molecule has 0 aliphatic carbocycles. The summed E-state index contributed by atoms with van der Waals surface area (Å²) in [6.07, 6.45) is 7.55. The Balaban J connectivity index is 0.000000131. The highest BCUT2D eigenvalue weighted by Gasteiger charge is 2.22. The Morgan fingerprint density at radius 1 is 0.270 bits per heavy atom. The van der Waals surface area contributed by atoms with E-state index in [-0.39, 0.29) is 0 Å². The molecule has 0 radical (unpaired) electrons. The van der Waals surface area contributed by atoms with Gasteiger partial charge >= 0.3 is 0 Å². The average Bonchev–Trinajstić information content (AvgIpc) is 4.05. The third kappa shape index (κ3) is 6.38. The van der Waals surface area contributed by atoms with E-state index in [1.807, 2.05) is 49.1 Å². The number of rotatable bonds is 4. The van der Waals surface area contributed by atoms with Gasteiger partial charge in [0.05, 0.1) is 44.1 Å². The van der Waals surface area contributed by atoms with Gasteiger partial charge in [-0.1, -0.05) is 152 Å². The number of fused-ring (bicyclic) bond motifs is 18. The van der Waals surface area contributed by atoms with Crippen LogP contribution in [-0.2, 0) is 0 Å². The first-order valence-corrected chi connectivity index (χ1v) is 25.0. The summed E-state index contributed by atoms with van der Waals surface area (Å²) in [5.74, 6) is 0. The van der Waals surface area contributed by atoms with Crippen LogP contribution in [0.3, 0.4) is 0 Å². The van der Waals surface area contributed by atoms with Crippen LogP contribution in [0.1, 0.15) is 0 Å². The molecule has 0 bridgehead atoms. The molecule has 344 valence electrons. The molecule has 16 aromatic rings. The molecular weight excluding hydrogens is 901 g/mol. The van der Waals surface area contributed by atoms with Gasteiger partial charge in [-0.15, -0.1) is 0 Å². The minimum absolute atomic E-state index is 1.01. The van der Waals surface area contributed by atoms with Crippen molar-refractivity contribution in [2.75, 3.05) is 0 Å². The van der Waals surface area contributed by atoms with Gasteiger partial charge in [0.15, 0.2) is 0 Å². The van der Waals surface area contributed by atoms with Crippen molar-refractivity contribution in [1.82, 2.24) is 29.1 Å². The standard InChI is InChI=1S/2C34H21N3/c1-2-13-27-26(12-1)32-28-14-4-6-17-31(28)37(34(32)29-15-8-19-36-33(27)29)23-10-7-9-22(21-23)24-18-20-35-30-16-5-3-11-25(24)30;1-2-14-27-26(13-1)31-28-15-3-4-18-30(28)37(34(31)29-17-8-20-36-33(27)29)24-12-5-10-23(21-24)25-16-6-9-22-11-7-19-35-32(22)25/h2*1-21H. The topological polar surface area (TPSA) is 61.4 Å². The Morgan fingerprint density at radius 3 is 1.31 bits per heavy atom. The van der Waals surface area contributed by atoms with Crippen molar-refractivity contribution >= 4 is 109 Å². The third-order valence-electron chi connectivity index (χ3n) is 14.9. The smallest absolute Gasteiger partial charge is 0.0801 e. The monoisotopic (exact) mass is 942 g/mol. The van der Waals surface area contributed by atoms with E-state index in [0.717, 1.165) is 66.1 Å². The van der Waals surface area contributed by atoms with Crippen LogP contribution >= 0.6 is 0 Å². The number of pyridine rings is 4. The molecule has 0 atom stereocenters. The summed E-state index contributed by atoms with van der Waals surface area (Å²) in [6, 6.07) is 81.8. The molecule has 10 aromatic carbocycles. The van der Waals surface area contributed by atoms with Crippen molar-refractivity contribution in [1.29, 1.82) is 0 Å². The zero-order valence-electron chi connectivity index (χ0n) is 39.9. The molecule has 0 unspecified atom stereocenters. The largest absolute Gasteiger partial charge is 0.309 e. The van der Waals surface area contributed by atoms with Gasteiger partial charge in [-0.25, -0.2) is 0 Å². The number of para-hydroxylation sites is 4. The zero-order valence-corrected chi connectivity index (χ0v) is 39.9. The summed E-state index contributed by atoms with van der Waals surface area (Å²) in [5.41, 5.74) is 15.7. The molecule has 0 amide bonds. The number of nitrogens with zero attached hydrogens (tertiary/aromatic N) is 6. The minimum atomic E-state index is 1.01. The average molecular weight is 943 g/mol. The number of aromatic nitrogens is 6. The Hall–Kier alpha value is -10.0. The summed E-state index contributed by atoms with van der Waals surface area (Å²) in [5, 5.41) is 14.5. The van der Waals surface area contributed by atoms with Crippen LogP contribution < -0.4 is 0 Å². The Kier molecular flexibility index (Phi) is 9.47. The molecule has 0 fully saturated rings. The molecule has 0 saturated carbocycles. The van der Waals surface area contributed by atoms with Crippen LogP contribution in [0.15, 0.2) is 255 Å². The summed E-state index contributed by atoms with van der Waals surface area (Å²) >= 11 is 0. The van der Waals surface area contributed by atoms with Crippen molar-refractivity contribution in [2.45, 2.75) is 0 Å². The SMILES string of the molecule is c1cc(-c2cccc3cccnc23)cc(-n2c3ccccc3c3c4ccccc4c4ncccc4c32)c1.c1cc(-c2ccnc3ccccc23)cc(-n2c3ccccc3c3c4ccccc4c4ncccc4c32)c1. The van der Waals surface area contributed by atoms with Gasteiger partial charge in [0, 0.05) is 95.6 Å². The van der Waals surface area contributed by atoms with Gasteiger partial charge in [-0.3, -0.25) is 19.9 Å². The maximum absolute atomic E-state index is 4.84. The van der Waals surface area contributed by atoms with Crippen molar-refractivity contribution in [3.05, 3.63) is 255 Å². The van der Waals surface area contributed by atoms with E-state index in [1.165, 1.54) is 76.3 Å². The molecule has 0 aliphatic rings. The lowest BCUT2D eigenvalue weighted by atomic mass is 9.99. The molecule has 74 heavy (non-hydrogen) atoms. The lowest BCUT2D eigenvalue weighted by Gasteiger charge is -2.13. The lowest BCUT2D eigenvalue weighted by molar-refractivity contribution is 1.19. The van der Waals surface area contributed by atoms with E-state index >= 15 is 0 Å². The van der Waals surface area contributed by atoms with E-state index in [4.69, 9.17) is 15.0 Å². The first kappa shape index (κ1) is 41.7. The highest BCUT2D eigenvalue weighted by Crippen LogP contribution is 2.44. The molecule has 6 aromatic heterocycles. The Labute approximate surface area is 424 Å². The van der Waals surface area contributed by atoms with Gasteiger partial charge in [0.25, 0.3) is 0 Å².